The first-order chi connectivity index (χ1) is 9.63. The molecule has 1 heterocycles. The van der Waals surface area contributed by atoms with Gasteiger partial charge in [0.15, 0.2) is 0 Å². The molecule has 0 unspecified atom stereocenters. The fraction of sp³-hybridized carbons (Fsp3) is 0.867. The molecule has 0 aromatic heterocycles. The predicted octanol–water partition coefficient (Wildman–Crippen LogP) is 2.20. The number of piperidine rings is 1. The summed E-state index contributed by atoms with van der Waals surface area (Å²) in [5.74, 6) is 1.26. The summed E-state index contributed by atoms with van der Waals surface area (Å²) in [4.78, 5) is 23.3. The lowest BCUT2D eigenvalue weighted by atomic mass is 9.83. The van der Waals surface area contributed by atoms with Gasteiger partial charge in [0, 0.05) is 39.5 Å². The van der Waals surface area contributed by atoms with Crippen LogP contribution in [-0.4, -0.2) is 50.1 Å². The smallest absolute Gasteiger partial charge is 0.409 e. The molecule has 0 radical (unpaired) electrons. The van der Waals surface area contributed by atoms with E-state index in [0.717, 1.165) is 44.8 Å². The monoisotopic (exact) mass is 284 g/mol. The third-order valence-electron chi connectivity index (χ3n) is 3.84. The molecule has 0 aromatic carbocycles. The number of nitrogens with zero attached hydrogens (tertiary/aromatic N) is 1. The highest BCUT2D eigenvalue weighted by molar-refractivity contribution is 5.79. The van der Waals surface area contributed by atoms with Crippen molar-refractivity contribution < 1.29 is 14.3 Å². The Bertz CT molecular complexity index is 295. The number of rotatable bonds is 4. The Morgan fingerprint density at radius 2 is 2.00 bits per heavy atom. The normalized spacial score (nSPS) is 18.6. The van der Waals surface area contributed by atoms with E-state index >= 15 is 0 Å². The topological polar surface area (TPSA) is 58.6 Å². The maximum atomic E-state index is 11.2. The summed E-state index contributed by atoms with van der Waals surface area (Å²) in [5.41, 5.74) is 0. The van der Waals surface area contributed by atoms with Gasteiger partial charge >= 0.3 is 6.09 Å². The molecule has 2 rings (SSSR count). The largest absolute Gasteiger partial charge is 0.450 e. The molecule has 1 aliphatic carbocycles. The highest BCUT2D eigenvalue weighted by Gasteiger charge is 2.18. The average molecular weight is 284 g/mol. The van der Waals surface area contributed by atoms with Gasteiger partial charge in [-0.2, -0.15) is 0 Å². The second-order valence-electron chi connectivity index (χ2n) is 5.49. The van der Waals surface area contributed by atoms with Gasteiger partial charge in [-0.3, -0.25) is 4.79 Å². The summed E-state index contributed by atoms with van der Waals surface area (Å²) in [6, 6.07) is 0. The number of Topliss-reactive ketones (excluding diaryl/α,β-unsaturated/α-hetero) is 1. The Hall–Kier alpha value is -1.10. The summed E-state index contributed by atoms with van der Waals surface area (Å²) >= 11 is 0. The summed E-state index contributed by atoms with van der Waals surface area (Å²) in [7, 11) is 1.80. The van der Waals surface area contributed by atoms with Gasteiger partial charge in [-0.1, -0.05) is 19.3 Å². The van der Waals surface area contributed by atoms with Crippen LogP contribution in [0.2, 0.25) is 0 Å². The molecule has 2 aliphatic rings. The van der Waals surface area contributed by atoms with Crippen molar-refractivity contribution in [3.05, 3.63) is 0 Å². The first-order valence-corrected chi connectivity index (χ1v) is 7.73. The SMILES string of the molecule is CCOC(=O)N(C)CCC1CCC1.O=C1CCNCC1. The van der Waals surface area contributed by atoms with E-state index in [1.54, 1.807) is 11.9 Å². The predicted molar refractivity (Wildman–Crippen MR) is 78.7 cm³/mol. The minimum Gasteiger partial charge on any atom is -0.450 e. The van der Waals surface area contributed by atoms with Gasteiger partial charge in [-0.05, 0) is 19.3 Å². The highest BCUT2D eigenvalue weighted by Crippen LogP contribution is 2.29. The van der Waals surface area contributed by atoms with Gasteiger partial charge in [-0.25, -0.2) is 4.79 Å². The van der Waals surface area contributed by atoms with Crippen molar-refractivity contribution in [3.63, 3.8) is 0 Å². The van der Waals surface area contributed by atoms with Gasteiger partial charge in [-0.15, -0.1) is 0 Å². The van der Waals surface area contributed by atoms with Crippen LogP contribution in [0.25, 0.3) is 0 Å². The number of hydrogen-bond donors (Lipinski definition) is 1. The van der Waals surface area contributed by atoms with Gasteiger partial charge in [0.2, 0.25) is 0 Å². The Labute approximate surface area is 122 Å². The molecule has 2 fully saturated rings. The zero-order valence-electron chi connectivity index (χ0n) is 12.8. The zero-order chi connectivity index (χ0) is 14.8. The molecule has 5 nitrogen and oxygen atoms in total. The van der Waals surface area contributed by atoms with Crippen molar-refractivity contribution >= 4 is 11.9 Å². The number of ether oxygens (including phenoxy) is 1. The van der Waals surface area contributed by atoms with Crippen LogP contribution in [-0.2, 0) is 9.53 Å². The molecule has 0 spiro atoms. The van der Waals surface area contributed by atoms with E-state index in [-0.39, 0.29) is 6.09 Å². The van der Waals surface area contributed by atoms with Gasteiger partial charge < -0.3 is 15.0 Å². The van der Waals surface area contributed by atoms with E-state index in [1.807, 2.05) is 6.92 Å². The van der Waals surface area contributed by atoms with Crippen LogP contribution in [0.1, 0.15) is 45.4 Å². The van der Waals surface area contributed by atoms with Crippen LogP contribution in [0.15, 0.2) is 0 Å². The fourth-order valence-electron chi connectivity index (χ4n) is 2.19. The van der Waals surface area contributed by atoms with Crippen LogP contribution in [0, 0.1) is 5.92 Å². The lowest BCUT2D eigenvalue weighted by molar-refractivity contribution is -0.119. The lowest BCUT2D eigenvalue weighted by Crippen LogP contribution is -2.30. The number of carbonyl (C=O) groups is 2. The molecule has 0 atom stereocenters. The Morgan fingerprint density at radius 1 is 1.35 bits per heavy atom. The second kappa shape index (κ2) is 9.75. The van der Waals surface area contributed by atoms with Crippen molar-refractivity contribution in [1.29, 1.82) is 0 Å². The lowest BCUT2D eigenvalue weighted by Gasteiger charge is -2.27. The standard InChI is InChI=1S/C10H19NO2.C5H9NO/c1-3-13-10(12)11(2)8-7-9-5-4-6-9;7-5-1-3-6-4-2-5/h9H,3-8H2,1-2H3;6H,1-4H2. The molecule has 116 valence electrons. The maximum Gasteiger partial charge on any atom is 0.409 e. The quantitative estimate of drug-likeness (QED) is 0.860. The van der Waals surface area contributed by atoms with Gasteiger partial charge in [0.05, 0.1) is 6.61 Å². The van der Waals surface area contributed by atoms with Crippen molar-refractivity contribution in [3.8, 4) is 0 Å². The van der Waals surface area contributed by atoms with Crippen LogP contribution >= 0.6 is 0 Å². The number of amides is 1. The molecule has 0 bridgehead atoms. The molecule has 1 saturated carbocycles. The van der Waals surface area contributed by atoms with Crippen molar-refractivity contribution in [2.24, 2.45) is 5.92 Å². The first-order valence-electron chi connectivity index (χ1n) is 7.73. The summed E-state index contributed by atoms with van der Waals surface area (Å²) in [5, 5.41) is 3.09. The minimum absolute atomic E-state index is 0.193. The van der Waals surface area contributed by atoms with E-state index in [2.05, 4.69) is 5.32 Å². The van der Waals surface area contributed by atoms with Crippen molar-refractivity contribution in [1.82, 2.24) is 10.2 Å². The van der Waals surface area contributed by atoms with E-state index < -0.39 is 0 Å². The van der Waals surface area contributed by atoms with E-state index in [4.69, 9.17) is 4.74 Å². The third kappa shape index (κ3) is 6.89. The molecular weight excluding hydrogens is 256 g/mol. The summed E-state index contributed by atoms with van der Waals surface area (Å²) in [6.07, 6.45) is 6.47. The second-order valence-corrected chi connectivity index (χ2v) is 5.49. The maximum absolute atomic E-state index is 11.2. The van der Waals surface area contributed by atoms with Gasteiger partial charge in [0.25, 0.3) is 0 Å². The summed E-state index contributed by atoms with van der Waals surface area (Å²) < 4.78 is 4.87. The number of hydrogen-bond acceptors (Lipinski definition) is 4. The third-order valence-corrected chi connectivity index (χ3v) is 3.84. The van der Waals surface area contributed by atoms with Crippen LogP contribution in [0.5, 0.6) is 0 Å². The number of carbonyl (C=O) groups excluding carboxylic acids is 2. The first kappa shape index (κ1) is 17.0. The summed E-state index contributed by atoms with van der Waals surface area (Å²) in [6.45, 7) is 4.91. The molecule has 5 heteroatoms. The zero-order valence-corrected chi connectivity index (χ0v) is 12.8. The van der Waals surface area contributed by atoms with Crippen LogP contribution < -0.4 is 5.32 Å². The molecule has 20 heavy (non-hydrogen) atoms. The molecule has 1 aliphatic heterocycles. The van der Waals surface area contributed by atoms with Crippen molar-refractivity contribution in [2.75, 3.05) is 33.3 Å². The highest BCUT2D eigenvalue weighted by atomic mass is 16.5. The molecular formula is C15H28N2O3. The molecule has 0 aromatic rings. The van der Waals surface area contributed by atoms with Crippen molar-refractivity contribution in [2.45, 2.75) is 45.4 Å². The Morgan fingerprint density at radius 3 is 2.40 bits per heavy atom. The molecule has 1 saturated heterocycles. The van der Waals surface area contributed by atoms with Crippen LogP contribution in [0.4, 0.5) is 4.79 Å². The van der Waals surface area contributed by atoms with E-state index in [0.29, 0.717) is 12.4 Å². The van der Waals surface area contributed by atoms with E-state index in [9.17, 15) is 9.59 Å². The Balaban J connectivity index is 0.000000240. The average Bonchev–Trinajstić information content (AvgIpc) is 2.38. The molecule has 1 N–H and O–H groups in total. The fourth-order valence-corrected chi connectivity index (χ4v) is 2.19. The Kier molecular flexibility index (Phi) is 8.26. The van der Waals surface area contributed by atoms with Crippen LogP contribution in [0.3, 0.4) is 0 Å². The molecule has 1 amide bonds. The number of nitrogens with one attached hydrogen (secondary N) is 1. The van der Waals surface area contributed by atoms with E-state index in [1.165, 1.54) is 19.3 Å². The van der Waals surface area contributed by atoms with Gasteiger partial charge in [0.1, 0.15) is 5.78 Å². The number of ketones is 1. The minimum atomic E-state index is -0.193.